The molecule has 0 aromatic carbocycles. The molecule has 1 N–H and O–H groups in total. The molecule has 0 unspecified atom stereocenters. The molecule has 6 heteroatoms. The van der Waals surface area contributed by atoms with Crippen LogP contribution in [0.25, 0.3) is 0 Å². The Bertz CT molecular complexity index is 414. The Hall–Kier alpha value is -1.17. The quantitative estimate of drug-likeness (QED) is 0.864. The van der Waals surface area contributed by atoms with E-state index < -0.39 is 10.8 Å². The van der Waals surface area contributed by atoms with Crippen molar-refractivity contribution in [2.45, 2.75) is 13.8 Å². The van der Waals surface area contributed by atoms with E-state index in [1.54, 1.807) is 0 Å². The van der Waals surface area contributed by atoms with Crippen LogP contribution in [0.3, 0.4) is 0 Å². The van der Waals surface area contributed by atoms with Gasteiger partial charge in [0.15, 0.2) is 0 Å². The van der Waals surface area contributed by atoms with Gasteiger partial charge in [-0.3, -0.25) is 4.21 Å². The van der Waals surface area contributed by atoms with Gasteiger partial charge < -0.3 is 10.2 Å². The van der Waals surface area contributed by atoms with Crippen molar-refractivity contribution in [2.75, 3.05) is 41.4 Å². The van der Waals surface area contributed by atoms with E-state index in [4.69, 9.17) is 0 Å². The minimum atomic E-state index is -0.649. The number of aryl methyl sites for hydroxylation is 1. The average molecular weight is 254 g/mol. The smallest absolute Gasteiger partial charge is 0.134 e. The first-order valence-electron chi connectivity index (χ1n) is 5.88. The lowest BCUT2D eigenvalue weighted by Crippen LogP contribution is -2.38. The molecular weight excluding hydrogens is 236 g/mol. The predicted molar refractivity (Wildman–Crippen MR) is 71.0 cm³/mol. The second-order valence-corrected chi connectivity index (χ2v) is 5.72. The lowest BCUT2D eigenvalue weighted by atomic mass is 10.4. The molecule has 1 aromatic rings. The van der Waals surface area contributed by atoms with Crippen molar-refractivity contribution in [1.29, 1.82) is 0 Å². The molecular formula is C11H18N4OS. The van der Waals surface area contributed by atoms with Crippen LogP contribution in [0.2, 0.25) is 0 Å². The largest absolute Gasteiger partial charge is 0.370 e. The number of nitrogens with one attached hydrogen (secondary N) is 1. The van der Waals surface area contributed by atoms with Crippen LogP contribution in [0.4, 0.5) is 11.6 Å². The molecule has 0 saturated carbocycles. The van der Waals surface area contributed by atoms with Crippen molar-refractivity contribution in [3.63, 3.8) is 0 Å². The Morgan fingerprint density at radius 1 is 1.41 bits per heavy atom. The Morgan fingerprint density at radius 3 is 2.76 bits per heavy atom. The summed E-state index contributed by atoms with van der Waals surface area (Å²) < 4.78 is 11.3. The van der Waals surface area contributed by atoms with Crippen LogP contribution in [0.5, 0.6) is 0 Å². The van der Waals surface area contributed by atoms with Gasteiger partial charge in [0, 0.05) is 48.0 Å². The third-order valence-corrected chi connectivity index (χ3v) is 3.96. The van der Waals surface area contributed by atoms with E-state index >= 15 is 0 Å². The van der Waals surface area contributed by atoms with Crippen LogP contribution in [0.1, 0.15) is 12.7 Å². The fourth-order valence-corrected chi connectivity index (χ4v) is 2.90. The maximum atomic E-state index is 11.3. The van der Waals surface area contributed by atoms with Crippen LogP contribution in [-0.2, 0) is 10.8 Å². The van der Waals surface area contributed by atoms with E-state index in [0.29, 0.717) is 0 Å². The van der Waals surface area contributed by atoms with Gasteiger partial charge in [0.25, 0.3) is 0 Å². The molecule has 2 heterocycles. The monoisotopic (exact) mass is 254 g/mol. The highest BCUT2D eigenvalue weighted by Crippen LogP contribution is 2.17. The molecule has 1 aromatic heterocycles. The van der Waals surface area contributed by atoms with E-state index in [1.807, 2.05) is 19.9 Å². The van der Waals surface area contributed by atoms with Crippen molar-refractivity contribution in [3.8, 4) is 0 Å². The molecule has 1 aliphatic rings. The van der Waals surface area contributed by atoms with Crippen molar-refractivity contribution < 1.29 is 4.21 Å². The first-order chi connectivity index (χ1) is 8.19. The molecule has 1 saturated heterocycles. The molecule has 0 atom stereocenters. The molecule has 1 fully saturated rings. The van der Waals surface area contributed by atoms with Gasteiger partial charge in [-0.1, -0.05) is 0 Å². The molecule has 1 aliphatic heterocycles. The third kappa shape index (κ3) is 3.15. The van der Waals surface area contributed by atoms with E-state index in [1.165, 1.54) is 0 Å². The number of aromatic nitrogens is 2. The molecule has 0 aliphatic carbocycles. The van der Waals surface area contributed by atoms with Gasteiger partial charge in [-0.2, -0.15) is 0 Å². The number of nitrogens with zero attached hydrogens (tertiary/aromatic N) is 3. The summed E-state index contributed by atoms with van der Waals surface area (Å²) in [6.07, 6.45) is 0. The third-order valence-electron chi connectivity index (χ3n) is 2.68. The standard InChI is InChI=1S/C11H18N4OS/c1-3-12-10-8-11(14-9(2)13-10)15-4-6-17(16)7-5-15/h8H,3-7H2,1-2H3,(H,12,13,14). The summed E-state index contributed by atoms with van der Waals surface area (Å²) in [5.41, 5.74) is 0. The second kappa shape index (κ2) is 5.44. The maximum Gasteiger partial charge on any atom is 0.134 e. The van der Waals surface area contributed by atoms with E-state index in [9.17, 15) is 4.21 Å². The molecule has 0 radical (unpaired) electrons. The zero-order valence-electron chi connectivity index (χ0n) is 10.3. The Kier molecular flexibility index (Phi) is 3.93. The zero-order valence-corrected chi connectivity index (χ0v) is 11.1. The van der Waals surface area contributed by atoms with Gasteiger partial charge in [0.1, 0.15) is 17.5 Å². The number of hydrogen-bond donors (Lipinski definition) is 1. The van der Waals surface area contributed by atoms with E-state index in [0.717, 1.165) is 48.6 Å². The normalized spacial score (nSPS) is 17.2. The highest BCUT2D eigenvalue weighted by molar-refractivity contribution is 7.85. The fourth-order valence-electron chi connectivity index (χ4n) is 1.85. The first-order valence-corrected chi connectivity index (χ1v) is 7.37. The van der Waals surface area contributed by atoms with Crippen molar-refractivity contribution in [3.05, 3.63) is 11.9 Å². The topological polar surface area (TPSA) is 58.1 Å². The molecule has 0 spiro atoms. The molecule has 0 bridgehead atoms. The van der Waals surface area contributed by atoms with Gasteiger partial charge in [-0.15, -0.1) is 0 Å². The van der Waals surface area contributed by atoms with Crippen LogP contribution in [0, 0.1) is 6.92 Å². The van der Waals surface area contributed by atoms with Gasteiger partial charge >= 0.3 is 0 Å². The summed E-state index contributed by atoms with van der Waals surface area (Å²) in [4.78, 5) is 10.9. The summed E-state index contributed by atoms with van der Waals surface area (Å²) in [5, 5.41) is 3.20. The summed E-state index contributed by atoms with van der Waals surface area (Å²) >= 11 is 0. The van der Waals surface area contributed by atoms with Gasteiger partial charge in [-0.05, 0) is 13.8 Å². The minimum absolute atomic E-state index is 0.649. The minimum Gasteiger partial charge on any atom is -0.370 e. The highest BCUT2D eigenvalue weighted by atomic mass is 32.2. The van der Waals surface area contributed by atoms with E-state index in [-0.39, 0.29) is 0 Å². The van der Waals surface area contributed by atoms with Gasteiger partial charge in [0.05, 0.1) is 0 Å². The Labute approximate surface area is 104 Å². The van der Waals surface area contributed by atoms with Gasteiger partial charge in [0.2, 0.25) is 0 Å². The highest BCUT2D eigenvalue weighted by Gasteiger charge is 2.17. The van der Waals surface area contributed by atoms with Crippen LogP contribution >= 0.6 is 0 Å². The molecule has 0 amide bonds. The summed E-state index contributed by atoms with van der Waals surface area (Å²) in [6.45, 7) is 6.41. The Balaban J connectivity index is 2.16. The first kappa shape index (κ1) is 12.3. The lowest BCUT2D eigenvalue weighted by Gasteiger charge is -2.27. The van der Waals surface area contributed by atoms with Crippen molar-refractivity contribution >= 4 is 22.4 Å². The summed E-state index contributed by atoms with van der Waals surface area (Å²) in [5.74, 6) is 4.04. The summed E-state index contributed by atoms with van der Waals surface area (Å²) in [6, 6.07) is 1.96. The Morgan fingerprint density at radius 2 is 2.12 bits per heavy atom. The van der Waals surface area contributed by atoms with Crippen LogP contribution < -0.4 is 10.2 Å². The SMILES string of the molecule is CCNc1cc(N2CCS(=O)CC2)nc(C)n1. The molecule has 94 valence electrons. The van der Waals surface area contributed by atoms with E-state index in [2.05, 4.69) is 20.2 Å². The molecule has 17 heavy (non-hydrogen) atoms. The van der Waals surface area contributed by atoms with Crippen LogP contribution in [0.15, 0.2) is 6.07 Å². The van der Waals surface area contributed by atoms with Crippen molar-refractivity contribution in [2.24, 2.45) is 0 Å². The zero-order chi connectivity index (χ0) is 12.3. The molecule has 5 nitrogen and oxygen atoms in total. The predicted octanol–water partition coefficient (Wildman–Crippen LogP) is 0.786. The fraction of sp³-hybridized carbons (Fsp3) is 0.636. The second-order valence-electron chi connectivity index (χ2n) is 4.02. The van der Waals surface area contributed by atoms with Crippen molar-refractivity contribution in [1.82, 2.24) is 9.97 Å². The lowest BCUT2D eigenvalue weighted by molar-refractivity contribution is 0.672. The number of rotatable bonds is 3. The number of hydrogen-bond acceptors (Lipinski definition) is 5. The molecule has 2 rings (SSSR count). The van der Waals surface area contributed by atoms with Gasteiger partial charge in [-0.25, -0.2) is 9.97 Å². The average Bonchev–Trinajstić information content (AvgIpc) is 2.29. The number of anilines is 2. The maximum absolute atomic E-state index is 11.3. The summed E-state index contributed by atoms with van der Waals surface area (Å²) in [7, 11) is -0.649. The van der Waals surface area contributed by atoms with Crippen LogP contribution in [-0.4, -0.2) is 45.3 Å².